The van der Waals surface area contributed by atoms with Crippen molar-refractivity contribution in [2.24, 2.45) is 0 Å². The number of fused-ring (bicyclic) bond motifs is 15. The third kappa shape index (κ3) is 2.15. The monoisotopic (exact) mass is 446 g/mol. The number of hydrogen-bond acceptors (Lipinski definition) is 3. The molecule has 2 aliphatic rings. The number of imidazole rings is 1. The zero-order chi connectivity index (χ0) is 22.7. The Bertz CT molecular complexity index is 2070. The molecule has 0 spiro atoms. The lowest BCUT2D eigenvalue weighted by Gasteiger charge is -2.08. The van der Waals surface area contributed by atoms with Crippen LogP contribution in [0.15, 0.2) is 85.3 Å². The molecule has 0 N–H and O–H groups in total. The third-order valence-electron chi connectivity index (χ3n) is 7.95. The van der Waals surface area contributed by atoms with Crippen molar-refractivity contribution in [2.75, 3.05) is 0 Å². The number of rotatable bonds is 0. The average molecular weight is 447 g/mol. The first-order valence-electron chi connectivity index (χ1n) is 12.0. The highest BCUT2D eigenvalue weighted by Crippen LogP contribution is 2.46. The van der Waals surface area contributed by atoms with Gasteiger partial charge in [0.05, 0.1) is 28.3 Å². The van der Waals surface area contributed by atoms with Gasteiger partial charge in [0, 0.05) is 29.6 Å². The Hall–Kier alpha value is -4.57. The predicted octanol–water partition coefficient (Wildman–Crippen LogP) is 6.73. The molecule has 0 radical (unpaired) electrons. The van der Waals surface area contributed by atoms with E-state index >= 15 is 0 Å². The average Bonchev–Trinajstić information content (AvgIpc) is 3.58. The second kappa shape index (κ2) is 6.10. The molecule has 0 amide bonds. The molecular weight excluding hydrogens is 428 g/mol. The van der Waals surface area contributed by atoms with Crippen molar-refractivity contribution < 1.29 is 0 Å². The molecule has 9 rings (SSSR count). The maximum Gasteiger partial charge on any atom is 0.148 e. The highest BCUT2D eigenvalue weighted by Gasteiger charge is 2.28. The van der Waals surface area contributed by atoms with E-state index in [1.54, 1.807) is 0 Å². The lowest BCUT2D eigenvalue weighted by molar-refractivity contribution is 1.24. The fraction of sp³-hybridized carbons (Fsp3) is 0.0645. The van der Waals surface area contributed by atoms with Crippen LogP contribution in [0.1, 0.15) is 22.3 Å². The van der Waals surface area contributed by atoms with E-state index < -0.39 is 0 Å². The highest BCUT2D eigenvalue weighted by molar-refractivity contribution is 6.12. The van der Waals surface area contributed by atoms with Gasteiger partial charge >= 0.3 is 0 Å². The molecule has 3 aromatic carbocycles. The second-order valence-electron chi connectivity index (χ2n) is 9.70. The predicted molar refractivity (Wildman–Crippen MR) is 140 cm³/mol. The van der Waals surface area contributed by atoms with Crippen LogP contribution in [0.3, 0.4) is 0 Å². The van der Waals surface area contributed by atoms with Crippen molar-refractivity contribution >= 4 is 38.5 Å². The van der Waals surface area contributed by atoms with E-state index in [0.29, 0.717) is 0 Å². The van der Waals surface area contributed by atoms with Crippen molar-refractivity contribution in [3.05, 3.63) is 108 Å². The van der Waals surface area contributed by atoms with Crippen molar-refractivity contribution in [1.82, 2.24) is 19.4 Å². The van der Waals surface area contributed by atoms with E-state index in [-0.39, 0.29) is 0 Å². The Balaban J connectivity index is 1.35. The van der Waals surface area contributed by atoms with Gasteiger partial charge < -0.3 is 0 Å². The van der Waals surface area contributed by atoms with Gasteiger partial charge in [0.2, 0.25) is 0 Å². The van der Waals surface area contributed by atoms with Crippen molar-refractivity contribution in [3.63, 3.8) is 0 Å². The molecule has 2 aliphatic carbocycles. The molecule has 4 heterocycles. The minimum absolute atomic E-state index is 0.910. The number of nitrogens with zero attached hydrogens (tertiary/aromatic N) is 4. The molecule has 0 unspecified atom stereocenters. The van der Waals surface area contributed by atoms with Gasteiger partial charge in [0.1, 0.15) is 5.65 Å². The van der Waals surface area contributed by atoms with Crippen molar-refractivity contribution in [1.29, 1.82) is 0 Å². The Morgan fingerprint density at radius 1 is 0.629 bits per heavy atom. The summed E-state index contributed by atoms with van der Waals surface area (Å²) in [5, 5.41) is 2.17. The van der Waals surface area contributed by atoms with Gasteiger partial charge in [-0.05, 0) is 87.3 Å². The maximum atomic E-state index is 5.26. The second-order valence-corrected chi connectivity index (χ2v) is 9.70. The summed E-state index contributed by atoms with van der Waals surface area (Å²) in [5.74, 6) is 0. The SMILES string of the molecule is c1ccc2c(c1)Cc1cc3c(cc1-2)Cc1c-3ccc2c1nc1c3cccnc3c3ccncc3n21. The quantitative estimate of drug-likeness (QED) is 0.243. The Morgan fingerprint density at radius 3 is 2.49 bits per heavy atom. The summed E-state index contributed by atoms with van der Waals surface area (Å²) in [6.07, 6.45) is 7.55. The zero-order valence-corrected chi connectivity index (χ0v) is 18.8. The van der Waals surface area contributed by atoms with Gasteiger partial charge in [-0.2, -0.15) is 0 Å². The van der Waals surface area contributed by atoms with Gasteiger partial charge in [0.25, 0.3) is 0 Å². The summed E-state index contributed by atoms with van der Waals surface area (Å²) < 4.78 is 2.27. The van der Waals surface area contributed by atoms with E-state index in [1.807, 2.05) is 24.7 Å². The van der Waals surface area contributed by atoms with Crippen molar-refractivity contribution in [3.8, 4) is 22.3 Å². The van der Waals surface area contributed by atoms with Gasteiger partial charge in [-0.25, -0.2) is 4.98 Å². The van der Waals surface area contributed by atoms with Gasteiger partial charge in [-0.15, -0.1) is 0 Å². The summed E-state index contributed by atoms with van der Waals surface area (Å²) in [4.78, 5) is 14.4. The molecule has 7 aromatic rings. The van der Waals surface area contributed by atoms with Crippen LogP contribution < -0.4 is 0 Å². The highest BCUT2D eigenvalue weighted by atomic mass is 15.0. The van der Waals surface area contributed by atoms with E-state index in [0.717, 1.165) is 51.3 Å². The lowest BCUT2D eigenvalue weighted by Crippen LogP contribution is -1.93. The summed E-state index contributed by atoms with van der Waals surface area (Å²) in [7, 11) is 0. The smallest absolute Gasteiger partial charge is 0.148 e. The van der Waals surface area contributed by atoms with Crippen LogP contribution in [0.25, 0.3) is 60.7 Å². The molecule has 0 saturated carbocycles. The molecule has 35 heavy (non-hydrogen) atoms. The summed E-state index contributed by atoms with van der Waals surface area (Å²) in [5.41, 5.74) is 16.2. The molecular formula is C31H18N4. The summed E-state index contributed by atoms with van der Waals surface area (Å²) in [6.45, 7) is 0. The molecule has 4 nitrogen and oxygen atoms in total. The Kier molecular flexibility index (Phi) is 3.11. The van der Waals surface area contributed by atoms with Gasteiger partial charge in [0.15, 0.2) is 0 Å². The maximum absolute atomic E-state index is 5.26. The fourth-order valence-corrected chi connectivity index (χ4v) is 6.44. The van der Waals surface area contributed by atoms with E-state index in [2.05, 4.69) is 70.0 Å². The number of hydrogen-bond donors (Lipinski definition) is 0. The molecule has 0 aliphatic heterocycles. The summed E-state index contributed by atoms with van der Waals surface area (Å²) in [6, 6.07) is 24.4. The standard InChI is InChI=1S/C31H18N4/c1-2-5-20-17(4-1)12-18-13-25-19(14-24(18)20)15-26-21(25)7-8-27-30(26)34-31-23-6-3-10-33-29(23)22-9-11-32-16-28(22)35(27)31/h1-11,13-14,16H,12,15H2. The topological polar surface area (TPSA) is 43.1 Å². The first-order valence-corrected chi connectivity index (χ1v) is 12.0. The number of pyridine rings is 3. The molecule has 162 valence electrons. The zero-order valence-electron chi connectivity index (χ0n) is 18.8. The summed E-state index contributed by atoms with van der Waals surface area (Å²) >= 11 is 0. The molecule has 0 bridgehead atoms. The number of benzene rings is 3. The van der Waals surface area contributed by atoms with Crippen molar-refractivity contribution in [2.45, 2.75) is 12.8 Å². The normalized spacial score (nSPS) is 13.5. The molecule has 0 atom stereocenters. The Labute approximate surface area is 200 Å². The van der Waals surface area contributed by atoms with Gasteiger partial charge in [-0.3, -0.25) is 14.4 Å². The van der Waals surface area contributed by atoms with E-state index in [9.17, 15) is 0 Å². The van der Waals surface area contributed by atoms with Crippen LogP contribution in [0.2, 0.25) is 0 Å². The van der Waals surface area contributed by atoms with Crippen LogP contribution in [-0.2, 0) is 12.8 Å². The van der Waals surface area contributed by atoms with E-state index in [1.165, 1.54) is 44.5 Å². The lowest BCUT2D eigenvalue weighted by atomic mass is 9.98. The van der Waals surface area contributed by atoms with Gasteiger partial charge in [-0.1, -0.05) is 30.3 Å². The van der Waals surface area contributed by atoms with Crippen LogP contribution in [0.4, 0.5) is 0 Å². The van der Waals surface area contributed by atoms with Crippen LogP contribution >= 0.6 is 0 Å². The minimum Gasteiger partial charge on any atom is -0.290 e. The van der Waals surface area contributed by atoms with E-state index in [4.69, 9.17) is 9.97 Å². The number of aromatic nitrogens is 4. The first kappa shape index (κ1) is 17.8. The minimum atomic E-state index is 0.910. The molecule has 0 saturated heterocycles. The third-order valence-corrected chi connectivity index (χ3v) is 7.95. The molecule has 4 aromatic heterocycles. The molecule has 0 fully saturated rings. The first-order chi connectivity index (χ1) is 17.3. The van der Waals surface area contributed by atoms with Crippen LogP contribution in [0.5, 0.6) is 0 Å². The molecule has 4 heteroatoms. The fourth-order valence-electron chi connectivity index (χ4n) is 6.44. The Morgan fingerprint density at radius 2 is 1.51 bits per heavy atom. The largest absolute Gasteiger partial charge is 0.290 e. The van der Waals surface area contributed by atoms with Crippen LogP contribution in [-0.4, -0.2) is 19.4 Å². The van der Waals surface area contributed by atoms with Crippen LogP contribution in [0, 0.1) is 0 Å².